The summed E-state index contributed by atoms with van der Waals surface area (Å²) in [5.74, 6) is 0.998. The molecule has 10 heteroatoms. The Morgan fingerprint density at radius 2 is 1.77 bits per heavy atom. The van der Waals surface area contributed by atoms with E-state index in [0.29, 0.717) is 57.5 Å². The number of carbonyl (C=O) groups is 2. The van der Waals surface area contributed by atoms with Crippen LogP contribution in [-0.2, 0) is 26.3 Å². The van der Waals surface area contributed by atoms with Gasteiger partial charge in [-0.15, -0.1) is 0 Å². The van der Waals surface area contributed by atoms with Crippen LogP contribution in [0.15, 0.2) is 53.6 Å². The van der Waals surface area contributed by atoms with E-state index in [0.717, 1.165) is 67.3 Å². The summed E-state index contributed by atoms with van der Waals surface area (Å²) >= 11 is 0. The van der Waals surface area contributed by atoms with Crippen LogP contribution in [0, 0.1) is 45.3 Å². The molecule has 5 bridgehead atoms. The van der Waals surface area contributed by atoms with Gasteiger partial charge in [-0.1, -0.05) is 64.3 Å². The van der Waals surface area contributed by atoms with Crippen molar-refractivity contribution in [2.24, 2.45) is 45.3 Å². The number of rotatable bonds is 14. The molecule has 8 N–H and O–H groups in total. The van der Waals surface area contributed by atoms with Crippen LogP contribution in [0.2, 0.25) is 0 Å². The number of nitrogen functional groups attached to an aromatic ring is 1. The number of aliphatic hydroxyl groups is 3. The minimum Gasteiger partial charge on any atom is -0.508 e. The number of aliphatic hydroxyl groups excluding tert-OH is 3. The summed E-state index contributed by atoms with van der Waals surface area (Å²) in [5.41, 5.74) is 8.71. The molecule has 6 aliphatic carbocycles. The fourth-order valence-corrected chi connectivity index (χ4v) is 17.4. The van der Waals surface area contributed by atoms with Gasteiger partial charge < -0.3 is 41.5 Å². The molecular formula is C54H77N3O7. The molecule has 14 unspecified atom stereocenters. The lowest BCUT2D eigenvalue weighted by molar-refractivity contribution is -0.210. The van der Waals surface area contributed by atoms with Gasteiger partial charge in [0.25, 0.3) is 0 Å². The van der Waals surface area contributed by atoms with E-state index >= 15 is 9.59 Å². The number of phenols is 1. The fourth-order valence-electron chi connectivity index (χ4n) is 17.4. The first-order chi connectivity index (χ1) is 30.3. The molecule has 14 atom stereocenters. The van der Waals surface area contributed by atoms with Crippen molar-refractivity contribution in [2.45, 2.75) is 173 Å². The third-order valence-electron chi connectivity index (χ3n) is 19.2. The predicted octanol–water partition coefficient (Wildman–Crippen LogP) is 7.64. The van der Waals surface area contributed by atoms with Crippen molar-refractivity contribution in [2.75, 3.05) is 25.9 Å². The molecule has 2 aromatic carbocycles. The lowest BCUT2D eigenvalue weighted by Crippen LogP contribution is -2.72. The van der Waals surface area contributed by atoms with Gasteiger partial charge in [0, 0.05) is 48.7 Å². The highest BCUT2D eigenvalue weighted by atomic mass is 16.6. The number of ether oxygens (including phenoxy) is 1. The molecule has 0 amide bonds. The Kier molecular flexibility index (Phi) is 11.7. The number of anilines is 1. The Morgan fingerprint density at radius 3 is 2.48 bits per heavy atom. The standard InChI is InChI=1S/C54H77N3O7/c1-31(21-42(61)47-51(6,64-47)39-14-9-13-38(39)34-11-8-12-36(55)24-34)45-40-15-16-44-50(5)30-52(35-22-33(29-56-7)23-37(60)25-35)17-10-18-53(40,27-43(45)62)54(44,19-20-58)26-41(57-28-32(2)59)46(50)49(3,4)48(52)63/h8,11-12,22-25,31-32,38-39,41-42,44,46-47,56-61H,9-10,13-21,26-30,55H2,1-7H3. The van der Waals surface area contributed by atoms with Crippen LogP contribution < -0.4 is 16.4 Å². The minimum atomic E-state index is -0.865. The van der Waals surface area contributed by atoms with E-state index < -0.39 is 44.9 Å². The molecule has 10 nitrogen and oxygen atoms in total. The minimum absolute atomic E-state index is 0.00404. The third kappa shape index (κ3) is 6.84. The number of carbonyl (C=O) groups excluding carboxylic acids is 2. The monoisotopic (exact) mass is 880 g/mol. The number of Topliss-reactive ketones (excluding diaryl/α,β-unsaturated/α-hetero) is 2. The number of hydrogen-bond acceptors (Lipinski definition) is 10. The first-order valence-electron chi connectivity index (χ1n) is 24.8. The normalized spacial score (nSPS) is 40.1. The van der Waals surface area contributed by atoms with Crippen LogP contribution in [0.1, 0.15) is 148 Å². The summed E-state index contributed by atoms with van der Waals surface area (Å²) in [6.45, 7) is 13.7. The van der Waals surface area contributed by atoms with E-state index in [1.807, 2.05) is 25.2 Å². The average Bonchev–Trinajstić information content (AvgIpc) is 3.51. The maximum atomic E-state index is 15.7. The van der Waals surface area contributed by atoms with Gasteiger partial charge in [-0.3, -0.25) is 9.59 Å². The zero-order valence-corrected chi connectivity index (χ0v) is 39.6. The van der Waals surface area contributed by atoms with Gasteiger partial charge in [-0.05, 0) is 172 Å². The fraction of sp³-hybridized carbons (Fsp3) is 0.704. The topological polar surface area (TPSA) is 178 Å². The Labute approximate surface area is 381 Å². The summed E-state index contributed by atoms with van der Waals surface area (Å²) in [5, 5.41) is 52.5. The maximum Gasteiger partial charge on any atom is 0.160 e. The predicted molar refractivity (Wildman–Crippen MR) is 249 cm³/mol. The van der Waals surface area contributed by atoms with Crippen LogP contribution >= 0.6 is 0 Å². The quantitative estimate of drug-likeness (QED) is 0.0737. The van der Waals surface area contributed by atoms with E-state index in [-0.39, 0.29) is 59.7 Å². The number of ketones is 2. The van der Waals surface area contributed by atoms with Gasteiger partial charge in [-0.2, -0.15) is 0 Å². The molecule has 2 aromatic rings. The van der Waals surface area contributed by atoms with Crippen LogP contribution in [0.4, 0.5) is 5.69 Å². The van der Waals surface area contributed by atoms with Crippen molar-refractivity contribution in [3.05, 3.63) is 70.3 Å². The first-order valence-corrected chi connectivity index (χ1v) is 24.8. The Morgan fingerprint density at radius 1 is 0.984 bits per heavy atom. The van der Waals surface area contributed by atoms with E-state index in [1.54, 1.807) is 13.0 Å². The van der Waals surface area contributed by atoms with E-state index in [2.05, 4.69) is 63.5 Å². The Balaban J connectivity index is 1.11. The summed E-state index contributed by atoms with van der Waals surface area (Å²) in [7, 11) is 1.89. The van der Waals surface area contributed by atoms with E-state index in [9.17, 15) is 20.4 Å². The maximum absolute atomic E-state index is 15.7. The average molecular weight is 880 g/mol. The summed E-state index contributed by atoms with van der Waals surface area (Å²) in [4.78, 5) is 30.9. The molecule has 0 radical (unpaired) electrons. The van der Waals surface area contributed by atoms with Crippen molar-refractivity contribution in [3.8, 4) is 5.75 Å². The summed E-state index contributed by atoms with van der Waals surface area (Å²) in [6.07, 6.45) is 7.97. The molecule has 5 saturated carbocycles. The molecule has 1 aliphatic heterocycles. The molecular weight excluding hydrogens is 803 g/mol. The number of allylic oxidation sites excluding steroid dienone is 2. The molecule has 0 aromatic heterocycles. The summed E-state index contributed by atoms with van der Waals surface area (Å²) in [6, 6.07) is 13.8. The number of nitrogens with two attached hydrogens (primary N) is 1. The van der Waals surface area contributed by atoms with Gasteiger partial charge in [-0.25, -0.2) is 0 Å². The largest absolute Gasteiger partial charge is 0.508 e. The van der Waals surface area contributed by atoms with Crippen molar-refractivity contribution < 1.29 is 34.8 Å². The highest BCUT2D eigenvalue weighted by Gasteiger charge is 2.76. The first kappa shape index (κ1) is 46.0. The van der Waals surface area contributed by atoms with Crippen molar-refractivity contribution in [3.63, 3.8) is 0 Å². The van der Waals surface area contributed by atoms with Gasteiger partial charge in [0.1, 0.15) is 17.6 Å². The number of epoxide rings is 1. The number of nitrogens with one attached hydrogen (secondary N) is 2. The lowest BCUT2D eigenvalue weighted by Gasteiger charge is -2.72. The Hall–Kier alpha value is -3.12. The molecule has 1 heterocycles. The van der Waals surface area contributed by atoms with Crippen LogP contribution in [0.25, 0.3) is 0 Å². The lowest BCUT2D eigenvalue weighted by atomic mass is 9.32. The molecule has 64 heavy (non-hydrogen) atoms. The van der Waals surface area contributed by atoms with Crippen LogP contribution in [0.3, 0.4) is 0 Å². The van der Waals surface area contributed by atoms with E-state index in [1.165, 1.54) is 11.1 Å². The SMILES string of the molecule is CNCc1cc(O)cc(C23CCCC45CC(=O)C(C(C)CC(O)C6OC6(C)C6CCCC6c6cccc(N)c6)=C4CCC4C(C)(C2)C(C(NCC(C)O)CC45CCO)C(C)(C)C3=O)c1. The molecule has 350 valence electrons. The van der Waals surface area contributed by atoms with Gasteiger partial charge in [0.15, 0.2) is 5.78 Å². The van der Waals surface area contributed by atoms with Crippen molar-refractivity contribution in [1.29, 1.82) is 0 Å². The van der Waals surface area contributed by atoms with Gasteiger partial charge >= 0.3 is 0 Å². The molecule has 1 saturated heterocycles. The number of hydrogen-bond donors (Lipinski definition) is 7. The van der Waals surface area contributed by atoms with E-state index in [4.69, 9.17) is 10.5 Å². The highest BCUT2D eigenvalue weighted by molar-refractivity contribution is 6.01. The number of fused-ring (bicyclic) bond motifs is 1. The van der Waals surface area contributed by atoms with Crippen LogP contribution in [0.5, 0.6) is 5.75 Å². The van der Waals surface area contributed by atoms with Crippen LogP contribution in [-0.4, -0.2) is 82.1 Å². The van der Waals surface area contributed by atoms with Gasteiger partial charge in [0.05, 0.1) is 23.2 Å². The zero-order valence-electron chi connectivity index (χ0n) is 39.6. The second kappa shape index (κ2) is 16.3. The second-order valence-electron chi connectivity index (χ2n) is 23.2. The zero-order chi connectivity index (χ0) is 45.8. The smallest absolute Gasteiger partial charge is 0.160 e. The second-order valence-corrected chi connectivity index (χ2v) is 23.2. The molecule has 9 rings (SSSR count). The Bertz CT molecular complexity index is 2190. The highest BCUT2D eigenvalue weighted by Crippen LogP contribution is 2.78. The molecule has 1 spiro atoms. The third-order valence-corrected chi connectivity index (χ3v) is 19.2. The molecule has 7 aliphatic rings. The summed E-state index contributed by atoms with van der Waals surface area (Å²) < 4.78 is 6.55. The number of phenolic OH excluding ortho intramolecular Hbond substituents is 1. The molecule has 6 fully saturated rings. The van der Waals surface area contributed by atoms with Crippen molar-refractivity contribution in [1.82, 2.24) is 10.6 Å². The number of aromatic hydroxyl groups is 1. The van der Waals surface area contributed by atoms with Gasteiger partial charge in [0.2, 0.25) is 0 Å². The van der Waals surface area contributed by atoms with Crippen molar-refractivity contribution >= 4 is 17.3 Å². The number of benzene rings is 2.